The van der Waals surface area contributed by atoms with Crippen molar-refractivity contribution in [2.75, 3.05) is 21.3 Å². The van der Waals surface area contributed by atoms with Gasteiger partial charge in [-0.2, -0.15) is 0 Å². The van der Waals surface area contributed by atoms with Crippen molar-refractivity contribution in [2.45, 2.75) is 19.4 Å². The highest BCUT2D eigenvalue weighted by Gasteiger charge is 2.27. The fourth-order valence-electron chi connectivity index (χ4n) is 4.69. The molecule has 0 bridgehead atoms. The molecule has 0 radical (unpaired) electrons. The Morgan fingerprint density at radius 3 is 2.42 bits per heavy atom. The molecule has 1 amide bonds. The molecule has 36 heavy (non-hydrogen) atoms. The number of rotatable bonds is 7. The molecule has 7 heteroatoms. The highest BCUT2D eigenvalue weighted by Crippen LogP contribution is 2.41. The Labute approximate surface area is 209 Å². The fourth-order valence-corrected chi connectivity index (χ4v) is 4.69. The Balaban J connectivity index is 1.57. The highest BCUT2D eigenvalue weighted by atomic mass is 16.5. The molecule has 182 valence electrons. The molecule has 0 fully saturated rings. The number of hydrogen-bond donors (Lipinski definition) is 1. The number of carbonyl (C=O) groups excluding carboxylic acids is 1. The molecule has 1 aliphatic rings. The first-order valence-corrected chi connectivity index (χ1v) is 11.7. The van der Waals surface area contributed by atoms with Gasteiger partial charge in [-0.1, -0.05) is 24.3 Å². The highest BCUT2D eigenvalue weighted by molar-refractivity contribution is 6.09. The van der Waals surface area contributed by atoms with Crippen LogP contribution in [0.3, 0.4) is 0 Å². The second-order valence-electron chi connectivity index (χ2n) is 8.46. The number of pyridine rings is 2. The maximum absolute atomic E-state index is 13.5. The van der Waals surface area contributed by atoms with Gasteiger partial charge in [-0.15, -0.1) is 0 Å². The summed E-state index contributed by atoms with van der Waals surface area (Å²) in [6, 6.07) is 17.3. The van der Waals surface area contributed by atoms with E-state index in [4.69, 9.17) is 19.2 Å². The van der Waals surface area contributed by atoms with E-state index in [-0.39, 0.29) is 5.91 Å². The molecule has 2 aromatic heterocycles. The van der Waals surface area contributed by atoms with Crippen LogP contribution in [0.1, 0.15) is 39.3 Å². The van der Waals surface area contributed by atoms with Crippen molar-refractivity contribution in [3.05, 3.63) is 88.9 Å². The van der Waals surface area contributed by atoms with Gasteiger partial charge in [0.15, 0.2) is 11.5 Å². The summed E-state index contributed by atoms with van der Waals surface area (Å²) in [6.07, 6.45) is 5.31. The van der Waals surface area contributed by atoms with Crippen molar-refractivity contribution in [1.29, 1.82) is 0 Å². The van der Waals surface area contributed by atoms with Crippen molar-refractivity contribution in [3.8, 4) is 17.2 Å². The Morgan fingerprint density at radius 1 is 0.972 bits per heavy atom. The Hall–Kier alpha value is -4.39. The van der Waals surface area contributed by atoms with Gasteiger partial charge in [0.25, 0.3) is 5.91 Å². The zero-order valence-electron chi connectivity index (χ0n) is 20.5. The van der Waals surface area contributed by atoms with Crippen molar-refractivity contribution in [3.63, 3.8) is 0 Å². The van der Waals surface area contributed by atoms with Crippen molar-refractivity contribution in [1.82, 2.24) is 15.3 Å². The Kier molecular flexibility index (Phi) is 6.54. The minimum atomic E-state index is -0.121. The number of methoxy groups -OCH3 is 3. The number of hydrogen-bond acceptors (Lipinski definition) is 6. The summed E-state index contributed by atoms with van der Waals surface area (Å²) in [5, 5.41) is 3.90. The van der Waals surface area contributed by atoms with E-state index in [0.29, 0.717) is 29.4 Å². The van der Waals surface area contributed by atoms with E-state index >= 15 is 0 Å². The number of allylic oxidation sites excluding steroid dienone is 1. The lowest BCUT2D eigenvalue weighted by atomic mass is 9.99. The van der Waals surface area contributed by atoms with Gasteiger partial charge in [0.2, 0.25) is 5.75 Å². The number of aromatic nitrogens is 2. The number of amides is 1. The van der Waals surface area contributed by atoms with E-state index in [2.05, 4.69) is 16.4 Å². The zero-order chi connectivity index (χ0) is 25.1. The van der Waals surface area contributed by atoms with Crippen molar-refractivity contribution in [2.24, 2.45) is 0 Å². The lowest BCUT2D eigenvalue weighted by molar-refractivity contribution is 0.0951. The predicted octanol–water partition coefficient (Wildman–Crippen LogP) is 5.07. The minimum Gasteiger partial charge on any atom is -0.493 e. The molecule has 1 aliphatic carbocycles. The normalized spacial score (nSPS) is 13.5. The van der Waals surface area contributed by atoms with E-state index < -0.39 is 0 Å². The van der Waals surface area contributed by atoms with Crippen LogP contribution in [0.15, 0.2) is 60.8 Å². The largest absolute Gasteiger partial charge is 0.493 e. The molecule has 0 aliphatic heterocycles. The summed E-state index contributed by atoms with van der Waals surface area (Å²) in [7, 11) is 4.78. The zero-order valence-corrected chi connectivity index (χ0v) is 20.5. The molecule has 7 nitrogen and oxygen atoms in total. The number of para-hydroxylation sites is 1. The lowest BCUT2D eigenvalue weighted by Gasteiger charge is -2.14. The molecule has 5 rings (SSSR count). The molecular formula is C29H27N3O4. The number of ether oxygens (including phenoxy) is 3. The fraction of sp³-hybridized carbons (Fsp3) is 0.207. The number of carbonyl (C=O) groups is 1. The van der Waals surface area contributed by atoms with Crippen LogP contribution in [0.4, 0.5) is 0 Å². The van der Waals surface area contributed by atoms with Gasteiger partial charge >= 0.3 is 0 Å². The average molecular weight is 482 g/mol. The summed E-state index contributed by atoms with van der Waals surface area (Å²) < 4.78 is 16.5. The monoisotopic (exact) mass is 481 g/mol. The van der Waals surface area contributed by atoms with Crippen LogP contribution < -0.4 is 19.5 Å². The van der Waals surface area contributed by atoms with Crippen LogP contribution in [0.5, 0.6) is 17.2 Å². The van der Waals surface area contributed by atoms with Crippen LogP contribution in [-0.4, -0.2) is 37.2 Å². The number of benzene rings is 2. The summed E-state index contributed by atoms with van der Waals surface area (Å²) in [5.74, 6) is 1.60. The van der Waals surface area contributed by atoms with Crippen LogP contribution in [0.25, 0.3) is 22.6 Å². The van der Waals surface area contributed by atoms with Crippen molar-refractivity contribution < 1.29 is 19.0 Å². The van der Waals surface area contributed by atoms with Gasteiger partial charge in [0, 0.05) is 11.6 Å². The molecule has 0 spiro atoms. The van der Waals surface area contributed by atoms with Gasteiger partial charge in [0.1, 0.15) is 0 Å². The Bertz CT molecular complexity index is 1440. The summed E-state index contributed by atoms with van der Waals surface area (Å²) in [4.78, 5) is 22.7. The van der Waals surface area contributed by atoms with E-state index in [1.165, 1.54) is 0 Å². The third kappa shape index (κ3) is 4.35. The third-order valence-corrected chi connectivity index (χ3v) is 6.35. The third-order valence-electron chi connectivity index (χ3n) is 6.35. The van der Waals surface area contributed by atoms with Gasteiger partial charge in [-0.05, 0) is 65.9 Å². The second kappa shape index (κ2) is 10.1. The molecule has 0 saturated heterocycles. The molecular weight excluding hydrogens is 454 g/mol. The molecule has 0 saturated carbocycles. The molecule has 0 atom stereocenters. The number of nitrogens with one attached hydrogen (secondary N) is 1. The first-order chi connectivity index (χ1) is 17.6. The maximum Gasteiger partial charge on any atom is 0.252 e. The summed E-state index contributed by atoms with van der Waals surface area (Å²) in [5.41, 5.74) is 6.06. The van der Waals surface area contributed by atoms with Crippen LogP contribution in [0, 0.1) is 0 Å². The van der Waals surface area contributed by atoms with E-state index in [1.807, 2.05) is 54.6 Å². The smallest absolute Gasteiger partial charge is 0.252 e. The van der Waals surface area contributed by atoms with E-state index in [0.717, 1.165) is 51.8 Å². The average Bonchev–Trinajstić information content (AvgIpc) is 3.31. The van der Waals surface area contributed by atoms with Gasteiger partial charge in [0.05, 0.1) is 50.3 Å². The first kappa shape index (κ1) is 23.4. The van der Waals surface area contributed by atoms with Gasteiger partial charge in [-0.25, -0.2) is 4.98 Å². The lowest BCUT2D eigenvalue weighted by Crippen LogP contribution is -2.25. The SMILES string of the molecule is COc1cc(/C=C2/CCc3c2nc2ccccc2c3C(=O)NCc2ccccn2)cc(OC)c1OC. The number of nitrogens with zero attached hydrogens (tertiary/aromatic N) is 2. The summed E-state index contributed by atoms with van der Waals surface area (Å²) in [6.45, 7) is 0.360. The van der Waals surface area contributed by atoms with Crippen LogP contribution >= 0.6 is 0 Å². The predicted molar refractivity (Wildman–Crippen MR) is 139 cm³/mol. The minimum absolute atomic E-state index is 0.121. The molecule has 0 unspecified atom stereocenters. The Morgan fingerprint density at radius 2 is 1.72 bits per heavy atom. The van der Waals surface area contributed by atoms with E-state index in [1.54, 1.807) is 27.5 Å². The molecule has 4 aromatic rings. The standard InChI is InChI=1S/C29H27N3O4/c1-34-24-15-18(16-25(35-2)28(24)36-3)14-19-11-12-22-26(21-9-4-5-10-23(21)32-27(19)22)29(33)31-17-20-8-6-7-13-30-20/h4-10,13-16H,11-12,17H2,1-3H3,(H,31,33)/b19-14-. The van der Waals surface area contributed by atoms with E-state index in [9.17, 15) is 4.79 Å². The second-order valence-corrected chi connectivity index (χ2v) is 8.46. The molecule has 2 aromatic carbocycles. The molecule has 2 heterocycles. The topological polar surface area (TPSA) is 82.6 Å². The van der Waals surface area contributed by atoms with Gasteiger partial charge < -0.3 is 19.5 Å². The summed E-state index contributed by atoms with van der Waals surface area (Å²) >= 11 is 0. The maximum atomic E-state index is 13.5. The number of fused-ring (bicyclic) bond motifs is 2. The quantitative estimate of drug-likeness (QED) is 0.397. The first-order valence-electron chi connectivity index (χ1n) is 11.7. The van der Waals surface area contributed by atoms with Crippen LogP contribution in [0.2, 0.25) is 0 Å². The van der Waals surface area contributed by atoms with Crippen LogP contribution in [-0.2, 0) is 13.0 Å². The van der Waals surface area contributed by atoms with Gasteiger partial charge in [-0.3, -0.25) is 9.78 Å². The van der Waals surface area contributed by atoms with Crippen molar-refractivity contribution >= 4 is 28.5 Å². The molecule has 1 N–H and O–H groups in total.